The van der Waals surface area contributed by atoms with Gasteiger partial charge in [-0.15, -0.1) is 0 Å². The third-order valence-electron chi connectivity index (χ3n) is 11.3. The Bertz CT molecular complexity index is 1080. The van der Waals surface area contributed by atoms with Crippen LogP contribution in [-0.4, -0.2) is 46.9 Å². The minimum absolute atomic E-state index is 0.0571. The van der Waals surface area contributed by atoms with E-state index in [0.717, 1.165) is 96.3 Å². The van der Waals surface area contributed by atoms with Gasteiger partial charge in [0.15, 0.2) is 0 Å². The quantitative estimate of drug-likeness (QED) is 0.0246. The SMILES string of the molecule is CCCCC/C=C\C/C=C\C/C=C\CCCCCCCCC(=O)OC(CCCCCC/C=C/C=C/CCCCC)CC(=O)NC(CO)C(O)CCCCCCCCCCC. The second kappa shape index (κ2) is 47.6. The molecule has 348 valence electrons. The molecule has 3 atom stereocenters. The van der Waals surface area contributed by atoms with E-state index >= 15 is 0 Å². The molecule has 3 N–H and O–H groups in total. The van der Waals surface area contributed by atoms with Crippen LogP contribution in [-0.2, 0) is 14.3 Å². The molecule has 0 fully saturated rings. The van der Waals surface area contributed by atoms with E-state index in [1.807, 2.05) is 0 Å². The average molecular weight is 840 g/mol. The topological polar surface area (TPSA) is 95.9 Å². The highest BCUT2D eigenvalue weighted by Gasteiger charge is 2.24. The predicted octanol–water partition coefficient (Wildman–Crippen LogP) is 15.2. The standard InChI is InChI=1S/C54H97NO5/c1-4-7-10-13-16-19-21-23-24-25-26-27-28-30-32-35-38-41-44-47-54(59)60-50(45-42-39-36-34-31-29-22-20-17-14-11-8-5-2)48-53(58)55-51(49-56)52(57)46-43-40-37-33-18-15-12-9-6-3/h16-17,19-20,22-24,26-27,29,50-52,56-57H,4-15,18,21,25,28,30-49H2,1-3H3,(H,55,58)/b19-16-,20-17+,24-23-,27-26-,29-22+. The first-order valence-electron chi connectivity index (χ1n) is 25.5. The van der Waals surface area contributed by atoms with E-state index in [2.05, 4.69) is 86.8 Å². The van der Waals surface area contributed by atoms with Crippen LogP contribution >= 0.6 is 0 Å². The Kier molecular flexibility index (Phi) is 45.7. The highest BCUT2D eigenvalue weighted by molar-refractivity contribution is 5.77. The monoisotopic (exact) mass is 840 g/mol. The number of hydrogen-bond acceptors (Lipinski definition) is 5. The first-order valence-corrected chi connectivity index (χ1v) is 25.5. The van der Waals surface area contributed by atoms with Crippen LogP contribution in [0.1, 0.15) is 245 Å². The number of carbonyl (C=O) groups is 2. The molecule has 0 aromatic rings. The molecule has 0 aromatic carbocycles. The van der Waals surface area contributed by atoms with Gasteiger partial charge in [0, 0.05) is 6.42 Å². The van der Waals surface area contributed by atoms with E-state index in [0.29, 0.717) is 19.3 Å². The number of esters is 1. The third-order valence-corrected chi connectivity index (χ3v) is 11.3. The van der Waals surface area contributed by atoms with Crippen molar-refractivity contribution in [1.29, 1.82) is 0 Å². The van der Waals surface area contributed by atoms with Gasteiger partial charge in [-0.05, 0) is 89.9 Å². The van der Waals surface area contributed by atoms with Crippen molar-refractivity contribution in [3.05, 3.63) is 60.8 Å². The van der Waals surface area contributed by atoms with Crippen LogP contribution in [0.15, 0.2) is 60.8 Å². The van der Waals surface area contributed by atoms with Gasteiger partial charge in [-0.2, -0.15) is 0 Å². The van der Waals surface area contributed by atoms with Gasteiger partial charge in [-0.3, -0.25) is 9.59 Å². The van der Waals surface area contributed by atoms with Gasteiger partial charge in [0.2, 0.25) is 5.91 Å². The second-order valence-corrected chi connectivity index (χ2v) is 17.2. The van der Waals surface area contributed by atoms with E-state index in [4.69, 9.17) is 4.74 Å². The van der Waals surface area contributed by atoms with Crippen molar-refractivity contribution in [3.8, 4) is 0 Å². The lowest BCUT2D eigenvalue weighted by molar-refractivity contribution is -0.151. The summed E-state index contributed by atoms with van der Waals surface area (Å²) in [7, 11) is 0. The Morgan fingerprint density at radius 3 is 1.42 bits per heavy atom. The van der Waals surface area contributed by atoms with Crippen LogP contribution in [0.4, 0.5) is 0 Å². The van der Waals surface area contributed by atoms with Gasteiger partial charge in [0.05, 0.1) is 25.2 Å². The number of rotatable bonds is 45. The zero-order chi connectivity index (χ0) is 43.8. The molecule has 0 bridgehead atoms. The fraction of sp³-hybridized carbons (Fsp3) is 0.778. The van der Waals surface area contributed by atoms with E-state index in [1.54, 1.807) is 0 Å². The molecular formula is C54H97NO5. The van der Waals surface area contributed by atoms with Gasteiger partial charge in [0.25, 0.3) is 0 Å². The number of carbonyl (C=O) groups excluding carboxylic acids is 2. The highest BCUT2D eigenvalue weighted by atomic mass is 16.5. The summed E-state index contributed by atoms with van der Waals surface area (Å²) in [5.41, 5.74) is 0. The van der Waals surface area contributed by atoms with Crippen LogP contribution < -0.4 is 5.32 Å². The Balaban J connectivity index is 4.59. The Morgan fingerprint density at radius 1 is 0.500 bits per heavy atom. The Morgan fingerprint density at radius 2 is 0.900 bits per heavy atom. The normalized spacial score (nSPS) is 13.8. The average Bonchev–Trinajstić information content (AvgIpc) is 3.24. The number of aliphatic hydroxyl groups excluding tert-OH is 2. The maximum absolute atomic E-state index is 13.2. The zero-order valence-electron chi connectivity index (χ0n) is 39.6. The minimum Gasteiger partial charge on any atom is -0.462 e. The lowest BCUT2D eigenvalue weighted by atomic mass is 10.0. The first kappa shape index (κ1) is 57.6. The molecule has 0 aliphatic carbocycles. The Labute approximate surface area is 371 Å². The van der Waals surface area contributed by atoms with Crippen molar-refractivity contribution < 1.29 is 24.5 Å². The van der Waals surface area contributed by atoms with Crippen molar-refractivity contribution in [2.24, 2.45) is 0 Å². The molecule has 0 aliphatic rings. The maximum Gasteiger partial charge on any atom is 0.306 e. The summed E-state index contributed by atoms with van der Waals surface area (Å²) in [4.78, 5) is 26.1. The van der Waals surface area contributed by atoms with Crippen molar-refractivity contribution in [2.75, 3.05) is 6.61 Å². The number of nitrogens with one attached hydrogen (secondary N) is 1. The molecule has 3 unspecified atom stereocenters. The molecule has 0 heterocycles. The smallest absolute Gasteiger partial charge is 0.306 e. The first-order chi connectivity index (χ1) is 29.5. The van der Waals surface area contributed by atoms with Gasteiger partial charge < -0.3 is 20.3 Å². The number of aliphatic hydroxyl groups is 2. The third kappa shape index (κ3) is 42.3. The lowest BCUT2D eigenvalue weighted by Gasteiger charge is -2.24. The molecule has 0 aliphatic heterocycles. The Hall–Kier alpha value is -2.44. The fourth-order valence-electron chi connectivity index (χ4n) is 7.43. The number of allylic oxidation sites excluding steroid dienone is 10. The lowest BCUT2D eigenvalue weighted by Crippen LogP contribution is -2.46. The molecule has 6 nitrogen and oxygen atoms in total. The van der Waals surface area contributed by atoms with Crippen LogP contribution in [0.5, 0.6) is 0 Å². The van der Waals surface area contributed by atoms with Crippen LogP contribution in [0, 0.1) is 0 Å². The van der Waals surface area contributed by atoms with Gasteiger partial charge in [0.1, 0.15) is 6.10 Å². The molecule has 0 radical (unpaired) electrons. The van der Waals surface area contributed by atoms with Crippen molar-refractivity contribution >= 4 is 11.9 Å². The number of hydrogen-bond donors (Lipinski definition) is 3. The number of amides is 1. The minimum atomic E-state index is -0.795. The van der Waals surface area contributed by atoms with Crippen LogP contribution in [0.2, 0.25) is 0 Å². The van der Waals surface area contributed by atoms with Gasteiger partial charge >= 0.3 is 5.97 Å². The summed E-state index contributed by atoms with van der Waals surface area (Å²) in [6, 6.07) is -0.710. The molecule has 0 spiro atoms. The largest absolute Gasteiger partial charge is 0.462 e. The van der Waals surface area contributed by atoms with Crippen LogP contribution in [0.25, 0.3) is 0 Å². The van der Waals surface area contributed by atoms with Crippen molar-refractivity contribution in [1.82, 2.24) is 5.32 Å². The molecule has 0 rings (SSSR count). The summed E-state index contributed by atoms with van der Waals surface area (Å²) in [5, 5.41) is 23.7. The molecule has 0 saturated heterocycles. The summed E-state index contributed by atoms with van der Waals surface area (Å²) in [5.74, 6) is -0.509. The van der Waals surface area contributed by atoms with Gasteiger partial charge in [-0.25, -0.2) is 0 Å². The summed E-state index contributed by atoms with van der Waals surface area (Å²) < 4.78 is 5.91. The van der Waals surface area contributed by atoms with E-state index in [1.165, 1.54) is 103 Å². The second-order valence-electron chi connectivity index (χ2n) is 17.2. The van der Waals surface area contributed by atoms with E-state index < -0.39 is 18.2 Å². The molecule has 60 heavy (non-hydrogen) atoms. The van der Waals surface area contributed by atoms with Gasteiger partial charge in [-0.1, -0.05) is 204 Å². The molecular weight excluding hydrogens is 743 g/mol. The molecule has 1 amide bonds. The molecule has 0 aromatic heterocycles. The summed E-state index contributed by atoms with van der Waals surface area (Å²) in [6.07, 6.45) is 58.5. The summed E-state index contributed by atoms with van der Waals surface area (Å²) in [6.45, 7) is 6.39. The maximum atomic E-state index is 13.2. The highest BCUT2D eigenvalue weighted by Crippen LogP contribution is 2.17. The summed E-state index contributed by atoms with van der Waals surface area (Å²) >= 11 is 0. The molecule has 0 saturated carbocycles. The van der Waals surface area contributed by atoms with Crippen molar-refractivity contribution in [3.63, 3.8) is 0 Å². The fourth-order valence-corrected chi connectivity index (χ4v) is 7.43. The zero-order valence-corrected chi connectivity index (χ0v) is 39.6. The van der Waals surface area contributed by atoms with E-state index in [-0.39, 0.29) is 24.9 Å². The van der Waals surface area contributed by atoms with Crippen molar-refractivity contribution in [2.45, 2.75) is 264 Å². The van der Waals surface area contributed by atoms with Crippen LogP contribution in [0.3, 0.4) is 0 Å². The number of ether oxygens (including phenoxy) is 1. The van der Waals surface area contributed by atoms with E-state index in [9.17, 15) is 19.8 Å². The predicted molar refractivity (Wildman–Crippen MR) is 259 cm³/mol. The molecule has 6 heteroatoms. The number of unbranched alkanes of at least 4 members (excludes halogenated alkanes) is 24.